The summed E-state index contributed by atoms with van der Waals surface area (Å²) in [5, 5.41) is 15.8. The number of benzene rings is 4. The van der Waals surface area contributed by atoms with Crippen molar-refractivity contribution < 1.29 is 9.84 Å². The normalized spacial score (nSPS) is 17.9. The molecule has 6 rings (SSSR count). The van der Waals surface area contributed by atoms with Crippen LogP contribution in [0.15, 0.2) is 89.3 Å². The van der Waals surface area contributed by atoms with E-state index >= 15 is 0 Å². The highest BCUT2D eigenvalue weighted by molar-refractivity contribution is 8.01. The maximum atomic E-state index is 10.4. The maximum Gasteiger partial charge on any atom is 0.151 e. The molecule has 0 bridgehead atoms. The summed E-state index contributed by atoms with van der Waals surface area (Å²) >= 11 is 3.62. The molecular formula is C31H30N2O2S2. The van der Waals surface area contributed by atoms with Crippen LogP contribution < -0.4 is 5.32 Å². The Labute approximate surface area is 225 Å². The van der Waals surface area contributed by atoms with Crippen molar-refractivity contribution in [3.8, 4) is 5.75 Å². The van der Waals surface area contributed by atoms with Gasteiger partial charge >= 0.3 is 0 Å². The summed E-state index contributed by atoms with van der Waals surface area (Å²) in [5.41, 5.74) is 4.79. The number of para-hydroxylation sites is 1. The second-order valence-corrected chi connectivity index (χ2v) is 11.9. The molecule has 2 atom stereocenters. The third-order valence-electron chi connectivity index (χ3n) is 7.09. The summed E-state index contributed by atoms with van der Waals surface area (Å²) in [7, 11) is 0. The first-order valence-corrected chi connectivity index (χ1v) is 14.6. The standard InChI is InChI=1S/C31H30N2O2S2/c34-28-18-22(17-24-5-1-2-6-25(24)28)20-35-29-19-32-15-13-26(29)23-11-9-21(10-12-23)14-16-36-31-33-27-7-3-4-8-30(27)37-31/h1-12,17-18,26,29,32,34H,13-16,19-20H2. The van der Waals surface area contributed by atoms with Crippen LogP contribution >= 0.6 is 23.1 Å². The van der Waals surface area contributed by atoms with Gasteiger partial charge in [0.15, 0.2) is 4.34 Å². The lowest BCUT2D eigenvalue weighted by atomic mass is 9.87. The van der Waals surface area contributed by atoms with Gasteiger partial charge in [0, 0.05) is 23.6 Å². The first-order chi connectivity index (χ1) is 18.2. The highest BCUT2D eigenvalue weighted by Crippen LogP contribution is 2.32. The monoisotopic (exact) mass is 526 g/mol. The second kappa shape index (κ2) is 11.2. The van der Waals surface area contributed by atoms with Crippen molar-refractivity contribution in [3.63, 3.8) is 0 Å². The van der Waals surface area contributed by atoms with Crippen LogP contribution in [0.2, 0.25) is 0 Å². The Morgan fingerprint density at radius 3 is 2.70 bits per heavy atom. The molecular weight excluding hydrogens is 496 g/mol. The van der Waals surface area contributed by atoms with Crippen molar-refractivity contribution in [2.45, 2.75) is 35.8 Å². The molecule has 2 heterocycles. The van der Waals surface area contributed by atoms with Gasteiger partial charge in [-0.05, 0) is 65.7 Å². The Morgan fingerprint density at radius 2 is 1.81 bits per heavy atom. The number of thioether (sulfide) groups is 1. The van der Waals surface area contributed by atoms with Gasteiger partial charge in [-0.1, -0.05) is 72.4 Å². The fraction of sp³-hybridized carbons (Fsp3) is 0.258. The van der Waals surface area contributed by atoms with Gasteiger partial charge in [0.05, 0.1) is 22.9 Å². The van der Waals surface area contributed by atoms with Gasteiger partial charge in [0.2, 0.25) is 0 Å². The number of nitrogens with zero attached hydrogens (tertiary/aromatic N) is 1. The summed E-state index contributed by atoms with van der Waals surface area (Å²) in [6, 6.07) is 29.3. The molecule has 4 nitrogen and oxygen atoms in total. The van der Waals surface area contributed by atoms with E-state index in [1.54, 1.807) is 11.3 Å². The molecule has 1 aliphatic heterocycles. The number of hydrogen-bond donors (Lipinski definition) is 2. The lowest BCUT2D eigenvalue weighted by Crippen LogP contribution is -2.40. The molecule has 0 spiro atoms. The molecule has 1 fully saturated rings. The summed E-state index contributed by atoms with van der Waals surface area (Å²) in [6.45, 7) is 2.33. The van der Waals surface area contributed by atoms with Gasteiger partial charge in [-0.3, -0.25) is 0 Å². The first-order valence-electron chi connectivity index (χ1n) is 12.8. The minimum Gasteiger partial charge on any atom is -0.507 e. The highest BCUT2D eigenvalue weighted by atomic mass is 32.2. The number of hydrogen-bond acceptors (Lipinski definition) is 6. The average molecular weight is 527 g/mol. The largest absolute Gasteiger partial charge is 0.507 e. The molecule has 0 aliphatic carbocycles. The van der Waals surface area contributed by atoms with Crippen molar-refractivity contribution >= 4 is 44.1 Å². The molecule has 5 aromatic rings. The summed E-state index contributed by atoms with van der Waals surface area (Å²) in [5.74, 6) is 1.70. The van der Waals surface area contributed by atoms with Crippen molar-refractivity contribution in [2.75, 3.05) is 18.8 Å². The van der Waals surface area contributed by atoms with Gasteiger partial charge in [-0.15, -0.1) is 11.3 Å². The van der Waals surface area contributed by atoms with Gasteiger partial charge in [-0.25, -0.2) is 4.98 Å². The minimum atomic E-state index is 0.0998. The predicted molar refractivity (Wildman–Crippen MR) is 155 cm³/mol. The van der Waals surface area contributed by atoms with Gasteiger partial charge < -0.3 is 15.2 Å². The predicted octanol–water partition coefficient (Wildman–Crippen LogP) is 7.15. The number of aromatic hydroxyl groups is 1. The van der Waals surface area contributed by atoms with Gasteiger partial charge in [0.1, 0.15) is 5.75 Å². The van der Waals surface area contributed by atoms with Crippen LogP contribution in [0, 0.1) is 0 Å². The van der Waals surface area contributed by atoms with E-state index in [9.17, 15) is 5.11 Å². The van der Waals surface area contributed by atoms with Gasteiger partial charge in [-0.2, -0.15) is 0 Å². The topological polar surface area (TPSA) is 54.4 Å². The molecule has 1 aromatic heterocycles. The number of nitrogens with one attached hydrogen (secondary N) is 1. The number of fused-ring (bicyclic) bond motifs is 2. The third-order valence-corrected chi connectivity index (χ3v) is 9.27. The van der Waals surface area contributed by atoms with Crippen LogP contribution in [-0.4, -0.2) is 35.0 Å². The molecule has 6 heteroatoms. The van der Waals surface area contributed by atoms with E-state index in [0.29, 0.717) is 18.3 Å². The van der Waals surface area contributed by atoms with E-state index in [1.807, 2.05) is 48.2 Å². The molecule has 2 N–H and O–H groups in total. The fourth-order valence-electron chi connectivity index (χ4n) is 5.12. The highest BCUT2D eigenvalue weighted by Gasteiger charge is 2.27. The SMILES string of the molecule is Oc1cc(COC2CNCCC2c2ccc(CCSc3nc4ccccc4s3)cc2)cc2ccccc12. The van der Waals surface area contributed by atoms with E-state index in [0.717, 1.165) is 57.9 Å². The zero-order chi connectivity index (χ0) is 25.0. The fourth-order valence-corrected chi connectivity index (χ4v) is 7.25. The first kappa shape index (κ1) is 24.4. The molecule has 188 valence electrons. The Morgan fingerprint density at radius 1 is 0.973 bits per heavy atom. The molecule has 37 heavy (non-hydrogen) atoms. The number of thiazole rings is 1. The zero-order valence-corrected chi connectivity index (χ0v) is 22.2. The molecule has 1 saturated heterocycles. The molecule has 0 radical (unpaired) electrons. The number of aromatic nitrogens is 1. The summed E-state index contributed by atoms with van der Waals surface area (Å²) < 4.78 is 8.83. The van der Waals surface area contributed by atoms with Crippen LogP contribution in [0.25, 0.3) is 21.0 Å². The number of aryl methyl sites for hydroxylation is 1. The molecule has 0 saturated carbocycles. The van der Waals surface area contributed by atoms with Crippen LogP contribution in [0.3, 0.4) is 0 Å². The van der Waals surface area contributed by atoms with Crippen molar-refractivity contribution in [3.05, 3.63) is 102 Å². The lowest BCUT2D eigenvalue weighted by Gasteiger charge is -2.32. The van der Waals surface area contributed by atoms with Crippen molar-refractivity contribution in [1.82, 2.24) is 10.3 Å². The van der Waals surface area contributed by atoms with E-state index in [1.165, 1.54) is 15.8 Å². The minimum absolute atomic E-state index is 0.0998. The molecule has 0 amide bonds. The van der Waals surface area contributed by atoms with E-state index in [2.05, 4.69) is 53.8 Å². The Hall–Kier alpha value is -2.90. The quantitative estimate of drug-likeness (QED) is 0.210. The van der Waals surface area contributed by atoms with Gasteiger partial charge in [0.25, 0.3) is 0 Å². The molecule has 1 aliphatic rings. The Balaban J connectivity index is 1.07. The second-order valence-electron chi connectivity index (χ2n) is 9.57. The number of phenolic OH excluding ortho intramolecular Hbond substituents is 1. The summed E-state index contributed by atoms with van der Waals surface area (Å²) in [6.07, 6.45) is 2.18. The lowest BCUT2D eigenvalue weighted by molar-refractivity contribution is 0.0106. The maximum absolute atomic E-state index is 10.4. The third kappa shape index (κ3) is 5.68. The Bertz CT molecular complexity index is 1470. The van der Waals surface area contributed by atoms with Crippen molar-refractivity contribution in [1.29, 1.82) is 0 Å². The molecule has 2 unspecified atom stereocenters. The zero-order valence-electron chi connectivity index (χ0n) is 20.6. The van der Waals surface area contributed by atoms with Crippen LogP contribution in [0.5, 0.6) is 5.75 Å². The Kier molecular flexibility index (Phi) is 7.42. The smallest absolute Gasteiger partial charge is 0.151 e. The van der Waals surface area contributed by atoms with Crippen LogP contribution in [-0.2, 0) is 17.8 Å². The van der Waals surface area contributed by atoms with Crippen LogP contribution in [0.4, 0.5) is 0 Å². The number of rotatable bonds is 8. The molecule has 4 aromatic carbocycles. The van der Waals surface area contributed by atoms with Crippen molar-refractivity contribution in [2.24, 2.45) is 0 Å². The summed E-state index contributed by atoms with van der Waals surface area (Å²) in [4.78, 5) is 4.73. The van der Waals surface area contributed by atoms with E-state index < -0.39 is 0 Å². The van der Waals surface area contributed by atoms with E-state index in [4.69, 9.17) is 9.72 Å². The number of phenols is 1. The van der Waals surface area contributed by atoms with Crippen LogP contribution in [0.1, 0.15) is 29.0 Å². The number of piperidine rings is 1. The van der Waals surface area contributed by atoms with E-state index in [-0.39, 0.29) is 6.10 Å². The number of ether oxygens (including phenoxy) is 1. The average Bonchev–Trinajstić information content (AvgIpc) is 3.35.